The monoisotopic (exact) mass is 410 g/mol. The van der Waals surface area contributed by atoms with E-state index in [9.17, 15) is 14.4 Å². The zero-order valence-corrected chi connectivity index (χ0v) is 16.0. The van der Waals surface area contributed by atoms with Crippen LogP contribution in [-0.2, 0) is 14.4 Å². The van der Waals surface area contributed by atoms with Gasteiger partial charge in [0.15, 0.2) is 6.29 Å². The van der Waals surface area contributed by atoms with Gasteiger partial charge in [0.05, 0.1) is 6.61 Å². The van der Waals surface area contributed by atoms with E-state index in [1.54, 1.807) is 0 Å². The minimum Gasteiger partial charge on any atom is -0.481 e. The first-order chi connectivity index (χ1) is 13.2. The lowest BCUT2D eigenvalue weighted by Crippen LogP contribution is -2.46. The van der Waals surface area contributed by atoms with Gasteiger partial charge in [0.1, 0.15) is 24.4 Å². The molecule has 0 saturated heterocycles. The molecular formula is C18H34O10. The maximum atomic E-state index is 10.2. The summed E-state index contributed by atoms with van der Waals surface area (Å²) in [5, 5.41) is 60.4. The number of carboxylic acid groups (broad SMARTS) is 2. The lowest BCUT2D eigenvalue weighted by Gasteiger charge is -2.22. The second-order valence-electron chi connectivity index (χ2n) is 6.47. The number of hydrogen-bond donors (Lipinski definition) is 7. The largest absolute Gasteiger partial charge is 0.481 e. The quantitative estimate of drug-likeness (QED) is 0.131. The fourth-order valence-corrected chi connectivity index (χ4v) is 2.23. The van der Waals surface area contributed by atoms with Crippen LogP contribution in [0, 0.1) is 0 Å². The van der Waals surface area contributed by atoms with Gasteiger partial charge in [0.2, 0.25) is 0 Å². The average Bonchev–Trinajstić information content (AvgIpc) is 2.66. The van der Waals surface area contributed by atoms with Crippen LogP contribution in [0.25, 0.3) is 0 Å². The molecule has 0 spiro atoms. The third-order valence-corrected chi connectivity index (χ3v) is 3.95. The number of aliphatic hydroxyl groups excluding tert-OH is 5. The predicted molar refractivity (Wildman–Crippen MR) is 98.6 cm³/mol. The second kappa shape index (κ2) is 18.8. The Balaban J connectivity index is 0. The number of aldehydes is 1. The molecule has 0 rings (SSSR count). The second-order valence-corrected chi connectivity index (χ2v) is 6.47. The molecule has 4 atom stereocenters. The van der Waals surface area contributed by atoms with E-state index >= 15 is 0 Å². The van der Waals surface area contributed by atoms with Crippen molar-refractivity contribution in [2.24, 2.45) is 0 Å². The summed E-state index contributed by atoms with van der Waals surface area (Å²) in [6.07, 6.45) is 1.68. The van der Waals surface area contributed by atoms with Crippen LogP contribution < -0.4 is 0 Å². The van der Waals surface area contributed by atoms with Crippen LogP contribution in [0.4, 0.5) is 0 Å². The summed E-state index contributed by atoms with van der Waals surface area (Å²) in [5.41, 5.74) is 0. The number of unbranched alkanes of at least 4 members (excludes halogenated alkanes) is 7. The van der Waals surface area contributed by atoms with Gasteiger partial charge in [-0.1, -0.05) is 38.5 Å². The van der Waals surface area contributed by atoms with E-state index in [0.717, 1.165) is 51.4 Å². The number of rotatable bonds is 16. The van der Waals surface area contributed by atoms with Gasteiger partial charge in [-0.25, -0.2) is 0 Å². The summed E-state index contributed by atoms with van der Waals surface area (Å²) in [6.45, 7) is -0.760. The summed E-state index contributed by atoms with van der Waals surface area (Å²) < 4.78 is 0. The lowest BCUT2D eigenvalue weighted by atomic mass is 10.0. The number of aliphatic carboxylic acids is 2. The molecule has 0 aliphatic rings. The van der Waals surface area contributed by atoms with Gasteiger partial charge in [-0.05, 0) is 12.8 Å². The normalized spacial score (nSPS) is 14.9. The molecule has 0 aliphatic carbocycles. The molecule has 0 aromatic carbocycles. The number of aliphatic hydroxyl groups is 5. The third-order valence-electron chi connectivity index (χ3n) is 3.95. The standard InChI is InChI=1S/C12H22O4.C6H12O6/c13-11(14)9-7-5-3-1-2-4-6-8-10-12(15)16;7-1-3(9)5(11)6(12)4(10)2-8/h1-10H2,(H,13,14)(H,15,16);1,3-6,8-12H,2H2/t;3-,4+,5+,6+/m.0/s1. The van der Waals surface area contributed by atoms with Crippen LogP contribution in [0.15, 0.2) is 0 Å². The molecule has 28 heavy (non-hydrogen) atoms. The Morgan fingerprint density at radius 2 is 1.04 bits per heavy atom. The van der Waals surface area contributed by atoms with Crippen LogP contribution in [0.2, 0.25) is 0 Å². The van der Waals surface area contributed by atoms with Gasteiger partial charge in [0.25, 0.3) is 0 Å². The first-order valence-corrected chi connectivity index (χ1v) is 9.39. The summed E-state index contributed by atoms with van der Waals surface area (Å²) in [7, 11) is 0. The Hall–Kier alpha value is -1.59. The summed E-state index contributed by atoms with van der Waals surface area (Å²) >= 11 is 0. The fraction of sp³-hybridized carbons (Fsp3) is 0.833. The summed E-state index contributed by atoms with van der Waals surface area (Å²) in [6, 6.07) is 0. The van der Waals surface area contributed by atoms with Crippen LogP contribution in [-0.4, -0.2) is 85.0 Å². The number of carboxylic acids is 2. The van der Waals surface area contributed by atoms with E-state index in [2.05, 4.69) is 0 Å². The Morgan fingerprint density at radius 1 is 0.679 bits per heavy atom. The predicted octanol–water partition coefficient (Wildman–Crippen LogP) is -0.322. The molecule has 7 N–H and O–H groups in total. The average molecular weight is 410 g/mol. The highest BCUT2D eigenvalue weighted by atomic mass is 16.4. The van der Waals surface area contributed by atoms with Gasteiger partial charge in [-0.2, -0.15) is 0 Å². The van der Waals surface area contributed by atoms with Gasteiger partial charge < -0.3 is 40.5 Å². The van der Waals surface area contributed by atoms with Crippen molar-refractivity contribution in [2.45, 2.75) is 88.6 Å². The number of carbonyl (C=O) groups is 3. The summed E-state index contributed by atoms with van der Waals surface area (Å²) in [5.74, 6) is -1.43. The Labute approximate surface area is 164 Å². The highest BCUT2D eigenvalue weighted by Gasteiger charge is 2.29. The highest BCUT2D eigenvalue weighted by Crippen LogP contribution is 2.10. The molecule has 10 nitrogen and oxygen atoms in total. The van der Waals surface area contributed by atoms with E-state index < -0.39 is 43.0 Å². The van der Waals surface area contributed by atoms with Crippen molar-refractivity contribution in [1.82, 2.24) is 0 Å². The van der Waals surface area contributed by atoms with Gasteiger partial charge in [-0.15, -0.1) is 0 Å². The van der Waals surface area contributed by atoms with Gasteiger partial charge >= 0.3 is 11.9 Å². The molecule has 0 saturated carbocycles. The third kappa shape index (κ3) is 17.8. The molecule has 10 heteroatoms. The molecule has 166 valence electrons. The molecular weight excluding hydrogens is 376 g/mol. The lowest BCUT2D eigenvalue weighted by molar-refractivity contribution is -0.138. The number of hydrogen-bond acceptors (Lipinski definition) is 8. The van der Waals surface area contributed by atoms with Crippen LogP contribution >= 0.6 is 0 Å². The molecule has 0 heterocycles. The van der Waals surface area contributed by atoms with Crippen molar-refractivity contribution in [3.8, 4) is 0 Å². The van der Waals surface area contributed by atoms with Crippen molar-refractivity contribution in [3.63, 3.8) is 0 Å². The maximum absolute atomic E-state index is 10.2. The molecule has 0 aromatic rings. The van der Waals surface area contributed by atoms with Gasteiger partial charge in [0, 0.05) is 12.8 Å². The topological polar surface area (TPSA) is 193 Å². The van der Waals surface area contributed by atoms with Crippen molar-refractivity contribution in [2.75, 3.05) is 6.61 Å². The highest BCUT2D eigenvalue weighted by molar-refractivity contribution is 5.66. The van der Waals surface area contributed by atoms with Crippen LogP contribution in [0.1, 0.15) is 64.2 Å². The van der Waals surface area contributed by atoms with E-state index in [-0.39, 0.29) is 19.1 Å². The van der Waals surface area contributed by atoms with E-state index in [4.69, 9.17) is 35.7 Å². The minimum atomic E-state index is -1.79. The molecule has 0 radical (unpaired) electrons. The molecule has 0 aliphatic heterocycles. The zero-order chi connectivity index (χ0) is 21.9. The first kappa shape index (κ1) is 28.6. The smallest absolute Gasteiger partial charge is 0.303 e. The van der Waals surface area contributed by atoms with Crippen LogP contribution in [0.3, 0.4) is 0 Å². The maximum Gasteiger partial charge on any atom is 0.303 e. The van der Waals surface area contributed by atoms with Crippen molar-refractivity contribution >= 4 is 18.2 Å². The van der Waals surface area contributed by atoms with Crippen molar-refractivity contribution in [3.05, 3.63) is 0 Å². The zero-order valence-electron chi connectivity index (χ0n) is 16.0. The molecule has 0 bridgehead atoms. The molecule has 0 aromatic heterocycles. The summed E-state index contributed by atoms with van der Waals surface area (Å²) in [4.78, 5) is 30.3. The number of carbonyl (C=O) groups excluding carboxylic acids is 1. The van der Waals surface area contributed by atoms with E-state index in [1.807, 2.05) is 0 Å². The molecule has 0 fully saturated rings. The van der Waals surface area contributed by atoms with Crippen LogP contribution in [0.5, 0.6) is 0 Å². The SMILES string of the molecule is O=C(O)CCCCCCCCCCC(=O)O.O=C[C@H](O)[C@@H](O)[C@H](O)[C@H](O)CO. The van der Waals surface area contributed by atoms with E-state index in [1.165, 1.54) is 0 Å². The van der Waals surface area contributed by atoms with Crippen molar-refractivity contribution < 1.29 is 50.1 Å². The van der Waals surface area contributed by atoms with Crippen molar-refractivity contribution in [1.29, 1.82) is 0 Å². The Kier molecular flexibility index (Phi) is 19.2. The minimum absolute atomic E-state index is 0.0258. The van der Waals surface area contributed by atoms with E-state index in [0.29, 0.717) is 0 Å². The fourth-order valence-electron chi connectivity index (χ4n) is 2.23. The molecule has 0 unspecified atom stereocenters. The first-order valence-electron chi connectivity index (χ1n) is 9.39. The Morgan fingerprint density at radius 3 is 1.32 bits per heavy atom. The van der Waals surface area contributed by atoms with Gasteiger partial charge in [-0.3, -0.25) is 9.59 Å². The Bertz CT molecular complexity index is 393. The molecule has 0 amide bonds.